The maximum Gasteiger partial charge on any atom is 0.242 e. The van der Waals surface area contributed by atoms with Crippen LogP contribution in [0.1, 0.15) is 28.9 Å². The molecule has 168 valence electrons. The smallest absolute Gasteiger partial charge is 0.242 e. The maximum absolute atomic E-state index is 13.5. The number of tetrazole rings is 1. The van der Waals surface area contributed by atoms with Crippen LogP contribution >= 0.6 is 11.8 Å². The van der Waals surface area contributed by atoms with Crippen LogP contribution < -0.4 is 10.1 Å². The molecule has 0 bridgehead atoms. The van der Waals surface area contributed by atoms with E-state index in [4.69, 9.17) is 4.74 Å². The van der Waals surface area contributed by atoms with Crippen molar-refractivity contribution in [3.05, 3.63) is 89.5 Å². The summed E-state index contributed by atoms with van der Waals surface area (Å²) in [7, 11) is 0. The molecule has 3 aromatic carbocycles. The zero-order valence-corrected chi connectivity index (χ0v) is 19.5. The highest BCUT2D eigenvalue weighted by Gasteiger charge is 2.26. The Morgan fingerprint density at radius 1 is 1.06 bits per heavy atom. The molecule has 0 saturated heterocycles. The van der Waals surface area contributed by atoms with Crippen LogP contribution in [-0.4, -0.2) is 32.7 Å². The number of hydrogen-bond acceptors (Lipinski definition) is 6. The molecule has 8 heteroatoms. The first-order valence-corrected chi connectivity index (χ1v) is 11.5. The SMILES string of the molecule is CCOc1ccccc1NC(=O)C(Sc1nnnn1-c1ccc(C)cc1C)c1ccccc1. The van der Waals surface area contributed by atoms with Crippen molar-refractivity contribution in [2.75, 3.05) is 11.9 Å². The van der Waals surface area contributed by atoms with Crippen molar-refractivity contribution < 1.29 is 9.53 Å². The minimum atomic E-state index is -0.573. The van der Waals surface area contributed by atoms with E-state index in [0.717, 1.165) is 22.4 Å². The van der Waals surface area contributed by atoms with E-state index in [9.17, 15) is 4.79 Å². The molecule has 0 aliphatic heterocycles. The molecule has 0 aliphatic carbocycles. The topological polar surface area (TPSA) is 81.9 Å². The number of aromatic nitrogens is 4. The summed E-state index contributed by atoms with van der Waals surface area (Å²) in [5.41, 5.74) is 4.56. The minimum absolute atomic E-state index is 0.187. The van der Waals surface area contributed by atoms with Crippen LogP contribution in [0.2, 0.25) is 0 Å². The Morgan fingerprint density at radius 2 is 1.82 bits per heavy atom. The lowest BCUT2D eigenvalue weighted by molar-refractivity contribution is -0.115. The van der Waals surface area contributed by atoms with Crippen LogP contribution in [0.5, 0.6) is 5.75 Å². The second kappa shape index (κ2) is 10.3. The van der Waals surface area contributed by atoms with Gasteiger partial charge in [0.25, 0.3) is 0 Å². The average molecular weight is 460 g/mol. The predicted molar refractivity (Wildman–Crippen MR) is 130 cm³/mol. The van der Waals surface area contributed by atoms with Crippen LogP contribution in [0, 0.1) is 13.8 Å². The van der Waals surface area contributed by atoms with Crippen molar-refractivity contribution in [1.29, 1.82) is 0 Å². The fraction of sp³-hybridized carbons (Fsp3) is 0.200. The normalized spacial score (nSPS) is 11.7. The zero-order chi connectivity index (χ0) is 23.2. The van der Waals surface area contributed by atoms with Crippen LogP contribution in [0.3, 0.4) is 0 Å². The van der Waals surface area contributed by atoms with Gasteiger partial charge < -0.3 is 10.1 Å². The summed E-state index contributed by atoms with van der Waals surface area (Å²) in [6.07, 6.45) is 0. The number of anilines is 1. The lowest BCUT2D eigenvalue weighted by Crippen LogP contribution is -2.20. The highest BCUT2D eigenvalue weighted by molar-refractivity contribution is 8.00. The molecular formula is C25H25N5O2S. The van der Waals surface area contributed by atoms with Gasteiger partial charge in [-0.15, -0.1) is 5.10 Å². The second-order valence-electron chi connectivity index (χ2n) is 7.49. The van der Waals surface area contributed by atoms with Gasteiger partial charge in [0.2, 0.25) is 11.1 Å². The Labute approximate surface area is 197 Å². The molecule has 1 N–H and O–H groups in total. The number of aryl methyl sites for hydroxylation is 2. The average Bonchev–Trinajstić information content (AvgIpc) is 3.27. The molecule has 7 nitrogen and oxygen atoms in total. The highest BCUT2D eigenvalue weighted by atomic mass is 32.2. The number of nitrogens with zero attached hydrogens (tertiary/aromatic N) is 4. The summed E-state index contributed by atoms with van der Waals surface area (Å²) in [4.78, 5) is 13.5. The molecule has 1 amide bonds. The summed E-state index contributed by atoms with van der Waals surface area (Å²) in [6, 6.07) is 23.1. The lowest BCUT2D eigenvalue weighted by atomic mass is 10.1. The van der Waals surface area contributed by atoms with E-state index in [2.05, 4.69) is 26.9 Å². The van der Waals surface area contributed by atoms with Gasteiger partial charge in [0, 0.05) is 0 Å². The molecule has 1 aromatic heterocycles. The molecule has 0 saturated carbocycles. The summed E-state index contributed by atoms with van der Waals surface area (Å²) < 4.78 is 7.35. The van der Waals surface area contributed by atoms with Gasteiger partial charge in [-0.25, -0.2) is 0 Å². The van der Waals surface area contributed by atoms with E-state index in [1.54, 1.807) is 4.68 Å². The summed E-state index contributed by atoms with van der Waals surface area (Å²) in [5.74, 6) is 0.443. The molecule has 1 atom stereocenters. The monoisotopic (exact) mass is 459 g/mol. The van der Waals surface area contributed by atoms with Crippen molar-refractivity contribution in [2.45, 2.75) is 31.2 Å². The third-order valence-electron chi connectivity index (χ3n) is 5.03. The molecule has 0 fully saturated rings. The molecule has 0 aliphatic rings. The highest BCUT2D eigenvalue weighted by Crippen LogP contribution is 2.37. The van der Waals surface area contributed by atoms with Gasteiger partial charge in [-0.05, 0) is 60.5 Å². The number of rotatable bonds is 8. The Hall–Kier alpha value is -3.65. The van der Waals surface area contributed by atoms with E-state index in [0.29, 0.717) is 23.2 Å². The largest absolute Gasteiger partial charge is 0.492 e. The van der Waals surface area contributed by atoms with Crippen molar-refractivity contribution in [2.24, 2.45) is 0 Å². The third-order valence-corrected chi connectivity index (χ3v) is 6.22. The van der Waals surface area contributed by atoms with Crippen LogP contribution in [0.25, 0.3) is 5.69 Å². The first-order valence-electron chi connectivity index (χ1n) is 10.7. The van der Waals surface area contributed by atoms with Crippen LogP contribution in [-0.2, 0) is 4.79 Å². The molecule has 1 heterocycles. The maximum atomic E-state index is 13.5. The number of nitrogens with one attached hydrogen (secondary N) is 1. The first kappa shape index (κ1) is 22.5. The Kier molecular flexibility index (Phi) is 7.04. The van der Waals surface area contributed by atoms with Crippen molar-refractivity contribution in [1.82, 2.24) is 20.2 Å². The second-order valence-corrected chi connectivity index (χ2v) is 8.56. The minimum Gasteiger partial charge on any atom is -0.492 e. The van der Waals surface area contributed by atoms with Gasteiger partial charge in [-0.3, -0.25) is 4.79 Å². The van der Waals surface area contributed by atoms with E-state index in [1.165, 1.54) is 11.8 Å². The van der Waals surface area contributed by atoms with Gasteiger partial charge in [-0.1, -0.05) is 71.9 Å². The summed E-state index contributed by atoms with van der Waals surface area (Å²) in [5, 5.41) is 15.3. The van der Waals surface area contributed by atoms with Gasteiger partial charge in [0.15, 0.2) is 0 Å². The Balaban J connectivity index is 1.66. The first-order chi connectivity index (χ1) is 16.1. The Morgan fingerprint density at radius 3 is 2.58 bits per heavy atom. The van der Waals surface area contributed by atoms with Crippen LogP contribution in [0.15, 0.2) is 78.0 Å². The molecule has 4 rings (SSSR count). The number of amides is 1. The molecule has 1 unspecified atom stereocenters. The molecule has 0 radical (unpaired) electrons. The Bertz CT molecular complexity index is 1240. The molecule has 33 heavy (non-hydrogen) atoms. The number of benzene rings is 3. The number of hydrogen-bond donors (Lipinski definition) is 1. The van der Waals surface area contributed by atoms with E-state index >= 15 is 0 Å². The molecule has 0 spiro atoms. The van der Waals surface area contributed by atoms with Crippen molar-refractivity contribution >= 4 is 23.4 Å². The van der Waals surface area contributed by atoms with Crippen molar-refractivity contribution in [3.63, 3.8) is 0 Å². The summed E-state index contributed by atoms with van der Waals surface area (Å²) in [6.45, 7) is 6.48. The number of ether oxygens (including phenoxy) is 1. The third kappa shape index (κ3) is 5.23. The van der Waals surface area contributed by atoms with E-state index < -0.39 is 5.25 Å². The number of thioether (sulfide) groups is 1. The van der Waals surface area contributed by atoms with Gasteiger partial charge in [0.05, 0.1) is 18.0 Å². The van der Waals surface area contributed by atoms with Gasteiger partial charge in [0.1, 0.15) is 11.0 Å². The lowest BCUT2D eigenvalue weighted by Gasteiger charge is -2.18. The van der Waals surface area contributed by atoms with Crippen molar-refractivity contribution in [3.8, 4) is 11.4 Å². The predicted octanol–water partition coefficient (Wildman–Crippen LogP) is 5.15. The number of carbonyl (C=O) groups excluding carboxylic acids is 1. The summed E-state index contributed by atoms with van der Waals surface area (Å²) >= 11 is 1.30. The number of carbonyl (C=O) groups is 1. The fourth-order valence-electron chi connectivity index (χ4n) is 3.50. The molecule has 4 aromatic rings. The van der Waals surface area contributed by atoms with Crippen LogP contribution in [0.4, 0.5) is 5.69 Å². The van der Waals surface area contributed by atoms with E-state index in [-0.39, 0.29) is 5.91 Å². The zero-order valence-electron chi connectivity index (χ0n) is 18.7. The van der Waals surface area contributed by atoms with Gasteiger partial charge in [-0.2, -0.15) is 4.68 Å². The van der Waals surface area contributed by atoms with E-state index in [1.807, 2.05) is 87.5 Å². The number of para-hydroxylation sites is 2. The van der Waals surface area contributed by atoms with Gasteiger partial charge >= 0.3 is 0 Å². The quantitative estimate of drug-likeness (QED) is 0.367. The fourth-order valence-corrected chi connectivity index (χ4v) is 4.49. The molecular weight excluding hydrogens is 434 g/mol. The standard InChI is InChI=1S/C25H25N5O2S/c1-4-32-22-13-9-8-12-20(22)26-24(31)23(19-10-6-5-7-11-19)33-25-27-28-29-30(25)21-15-14-17(2)16-18(21)3/h5-16,23H,4H2,1-3H3,(H,26,31).